The van der Waals surface area contributed by atoms with E-state index in [0.29, 0.717) is 17.9 Å². The Morgan fingerprint density at radius 3 is 2.48 bits per heavy atom. The van der Waals surface area contributed by atoms with Crippen LogP contribution in [0.25, 0.3) is 0 Å². The van der Waals surface area contributed by atoms with E-state index in [1.165, 1.54) is 5.56 Å². The summed E-state index contributed by atoms with van der Waals surface area (Å²) in [4.78, 5) is 16.8. The third kappa shape index (κ3) is 4.85. The SMILES string of the molecule is COc1ccc(CNc2cc(C(=O)Nc3ccc(C)c(C)c3)ccn2)cc1. The fraction of sp³-hybridized carbons (Fsp3) is 0.182. The second kappa shape index (κ2) is 8.36. The van der Waals surface area contributed by atoms with Crippen molar-refractivity contribution in [2.45, 2.75) is 20.4 Å². The van der Waals surface area contributed by atoms with E-state index >= 15 is 0 Å². The third-order valence-electron chi connectivity index (χ3n) is 4.42. The van der Waals surface area contributed by atoms with Crippen LogP contribution in [0.1, 0.15) is 27.0 Å². The molecule has 2 aromatic carbocycles. The normalized spacial score (nSPS) is 10.3. The van der Waals surface area contributed by atoms with Crippen molar-refractivity contribution in [3.05, 3.63) is 83.0 Å². The van der Waals surface area contributed by atoms with Crippen LogP contribution in [0.3, 0.4) is 0 Å². The van der Waals surface area contributed by atoms with E-state index in [-0.39, 0.29) is 5.91 Å². The molecule has 0 aliphatic carbocycles. The summed E-state index contributed by atoms with van der Waals surface area (Å²) in [5.41, 5.74) is 4.78. The molecule has 138 valence electrons. The van der Waals surface area contributed by atoms with Gasteiger partial charge in [-0.3, -0.25) is 4.79 Å². The number of pyridine rings is 1. The van der Waals surface area contributed by atoms with Gasteiger partial charge in [0.05, 0.1) is 7.11 Å². The highest BCUT2D eigenvalue weighted by Gasteiger charge is 2.08. The van der Waals surface area contributed by atoms with E-state index in [1.54, 1.807) is 25.4 Å². The van der Waals surface area contributed by atoms with Gasteiger partial charge < -0.3 is 15.4 Å². The first kappa shape index (κ1) is 18.5. The number of benzene rings is 2. The molecular formula is C22H23N3O2. The monoisotopic (exact) mass is 361 g/mol. The summed E-state index contributed by atoms with van der Waals surface area (Å²) in [6.07, 6.45) is 1.63. The zero-order valence-electron chi connectivity index (χ0n) is 15.7. The molecule has 0 spiro atoms. The van der Waals surface area contributed by atoms with Crippen molar-refractivity contribution in [2.75, 3.05) is 17.7 Å². The lowest BCUT2D eigenvalue weighted by Gasteiger charge is -2.10. The van der Waals surface area contributed by atoms with E-state index in [9.17, 15) is 4.79 Å². The Morgan fingerprint density at radius 2 is 1.78 bits per heavy atom. The van der Waals surface area contributed by atoms with Crippen molar-refractivity contribution in [2.24, 2.45) is 0 Å². The summed E-state index contributed by atoms with van der Waals surface area (Å²) in [5.74, 6) is 1.31. The molecule has 5 heteroatoms. The number of aromatic nitrogens is 1. The van der Waals surface area contributed by atoms with Gasteiger partial charge in [0.2, 0.25) is 0 Å². The summed E-state index contributed by atoms with van der Waals surface area (Å²) in [6, 6.07) is 17.1. The second-order valence-corrected chi connectivity index (χ2v) is 6.38. The lowest BCUT2D eigenvalue weighted by atomic mass is 10.1. The molecule has 0 bridgehead atoms. The zero-order valence-corrected chi connectivity index (χ0v) is 15.7. The molecule has 0 fully saturated rings. The minimum atomic E-state index is -0.159. The Kier molecular flexibility index (Phi) is 5.71. The van der Waals surface area contributed by atoms with Crippen molar-refractivity contribution in [1.29, 1.82) is 0 Å². The summed E-state index contributed by atoms with van der Waals surface area (Å²) in [7, 11) is 1.64. The van der Waals surface area contributed by atoms with E-state index in [2.05, 4.69) is 15.6 Å². The van der Waals surface area contributed by atoms with Gasteiger partial charge in [-0.25, -0.2) is 4.98 Å². The molecule has 0 aliphatic heterocycles. The lowest BCUT2D eigenvalue weighted by molar-refractivity contribution is 0.102. The van der Waals surface area contributed by atoms with E-state index in [1.807, 2.05) is 56.3 Å². The molecule has 1 heterocycles. The average Bonchev–Trinajstić information content (AvgIpc) is 2.70. The summed E-state index contributed by atoms with van der Waals surface area (Å²) in [6.45, 7) is 4.68. The number of hydrogen-bond donors (Lipinski definition) is 2. The van der Waals surface area contributed by atoms with Gasteiger partial charge in [0.25, 0.3) is 5.91 Å². The molecule has 5 nitrogen and oxygen atoms in total. The summed E-state index contributed by atoms with van der Waals surface area (Å²) >= 11 is 0. The first-order valence-corrected chi connectivity index (χ1v) is 8.76. The maximum Gasteiger partial charge on any atom is 0.255 e. The quantitative estimate of drug-likeness (QED) is 0.675. The van der Waals surface area contributed by atoms with Gasteiger partial charge in [-0.1, -0.05) is 18.2 Å². The molecule has 27 heavy (non-hydrogen) atoms. The number of anilines is 2. The van der Waals surface area contributed by atoms with Gasteiger partial charge in [0, 0.05) is 24.0 Å². The van der Waals surface area contributed by atoms with Crippen molar-refractivity contribution in [1.82, 2.24) is 4.98 Å². The summed E-state index contributed by atoms with van der Waals surface area (Å²) in [5, 5.41) is 6.17. The number of carbonyl (C=O) groups excluding carboxylic acids is 1. The molecule has 2 N–H and O–H groups in total. The van der Waals surface area contributed by atoms with Crippen molar-refractivity contribution >= 4 is 17.4 Å². The van der Waals surface area contributed by atoms with Gasteiger partial charge in [-0.05, 0) is 66.9 Å². The number of amides is 1. The Hall–Kier alpha value is -3.34. The Balaban J connectivity index is 1.65. The Morgan fingerprint density at radius 1 is 1.00 bits per heavy atom. The minimum Gasteiger partial charge on any atom is -0.497 e. The Labute approximate surface area is 159 Å². The van der Waals surface area contributed by atoms with E-state index < -0.39 is 0 Å². The van der Waals surface area contributed by atoms with Crippen LogP contribution >= 0.6 is 0 Å². The van der Waals surface area contributed by atoms with Crippen molar-refractivity contribution in [3.63, 3.8) is 0 Å². The Bertz CT molecular complexity index is 937. The second-order valence-electron chi connectivity index (χ2n) is 6.38. The topological polar surface area (TPSA) is 63.2 Å². The maximum absolute atomic E-state index is 12.5. The molecule has 1 amide bonds. The van der Waals surface area contributed by atoms with Crippen LogP contribution in [0.5, 0.6) is 5.75 Å². The number of rotatable bonds is 6. The summed E-state index contributed by atoms with van der Waals surface area (Å²) < 4.78 is 5.16. The van der Waals surface area contributed by atoms with Crippen LogP contribution in [-0.2, 0) is 6.54 Å². The first-order valence-electron chi connectivity index (χ1n) is 8.76. The van der Waals surface area contributed by atoms with Gasteiger partial charge >= 0.3 is 0 Å². The van der Waals surface area contributed by atoms with Crippen LogP contribution in [0.15, 0.2) is 60.8 Å². The predicted octanol–water partition coefficient (Wildman–Crippen LogP) is 4.57. The molecule has 0 aliphatic rings. The largest absolute Gasteiger partial charge is 0.497 e. The molecule has 3 rings (SSSR count). The molecule has 0 radical (unpaired) electrons. The molecule has 3 aromatic rings. The molecule has 0 saturated carbocycles. The maximum atomic E-state index is 12.5. The number of methoxy groups -OCH3 is 1. The zero-order chi connectivity index (χ0) is 19.2. The van der Waals surface area contributed by atoms with Gasteiger partial charge in [0.15, 0.2) is 0 Å². The third-order valence-corrected chi connectivity index (χ3v) is 4.42. The van der Waals surface area contributed by atoms with Crippen LogP contribution in [-0.4, -0.2) is 18.0 Å². The van der Waals surface area contributed by atoms with E-state index in [0.717, 1.165) is 22.6 Å². The van der Waals surface area contributed by atoms with Crippen LogP contribution in [0, 0.1) is 13.8 Å². The highest BCUT2D eigenvalue weighted by atomic mass is 16.5. The first-order chi connectivity index (χ1) is 13.0. The smallest absolute Gasteiger partial charge is 0.255 e. The van der Waals surface area contributed by atoms with Crippen LogP contribution in [0.4, 0.5) is 11.5 Å². The highest BCUT2D eigenvalue weighted by Crippen LogP contribution is 2.17. The average molecular weight is 361 g/mol. The number of nitrogens with zero attached hydrogens (tertiary/aromatic N) is 1. The molecule has 1 aromatic heterocycles. The van der Waals surface area contributed by atoms with Crippen molar-refractivity contribution < 1.29 is 9.53 Å². The molecule has 0 unspecified atom stereocenters. The number of carbonyl (C=O) groups is 1. The van der Waals surface area contributed by atoms with Gasteiger partial charge in [-0.2, -0.15) is 0 Å². The fourth-order valence-corrected chi connectivity index (χ4v) is 2.63. The van der Waals surface area contributed by atoms with Crippen LogP contribution in [0.2, 0.25) is 0 Å². The van der Waals surface area contributed by atoms with Crippen molar-refractivity contribution in [3.8, 4) is 5.75 Å². The molecule has 0 atom stereocenters. The predicted molar refractivity (Wildman–Crippen MR) is 108 cm³/mol. The highest BCUT2D eigenvalue weighted by molar-refractivity contribution is 6.04. The molecular weight excluding hydrogens is 338 g/mol. The number of ether oxygens (including phenoxy) is 1. The fourth-order valence-electron chi connectivity index (χ4n) is 2.63. The van der Waals surface area contributed by atoms with Gasteiger partial charge in [-0.15, -0.1) is 0 Å². The lowest BCUT2D eigenvalue weighted by Crippen LogP contribution is -2.13. The minimum absolute atomic E-state index is 0.159. The number of nitrogens with one attached hydrogen (secondary N) is 2. The van der Waals surface area contributed by atoms with E-state index in [4.69, 9.17) is 4.74 Å². The number of hydrogen-bond acceptors (Lipinski definition) is 4. The standard InChI is InChI=1S/C22H23N3O2/c1-15-4-7-19(12-16(15)2)25-22(26)18-10-11-23-21(13-18)24-14-17-5-8-20(27-3)9-6-17/h4-13H,14H2,1-3H3,(H,23,24)(H,25,26). The number of aryl methyl sites for hydroxylation is 2. The molecule has 0 saturated heterocycles. The van der Waals surface area contributed by atoms with Gasteiger partial charge in [0.1, 0.15) is 11.6 Å². The van der Waals surface area contributed by atoms with Crippen LogP contribution < -0.4 is 15.4 Å².